The van der Waals surface area contributed by atoms with E-state index in [1.807, 2.05) is 0 Å². The van der Waals surface area contributed by atoms with E-state index >= 15 is 0 Å². The number of nitrogens with zero attached hydrogens (tertiary/aromatic N) is 1. The van der Waals surface area contributed by atoms with E-state index in [1.54, 1.807) is 0 Å². The number of rotatable bonds is 3. The molecule has 0 aliphatic carbocycles. The van der Waals surface area contributed by atoms with Crippen molar-refractivity contribution in [2.45, 2.75) is 18.0 Å². The van der Waals surface area contributed by atoms with Crippen LogP contribution < -0.4 is 4.90 Å². The van der Waals surface area contributed by atoms with E-state index in [4.69, 9.17) is 0 Å². The minimum absolute atomic E-state index is 0.0413. The van der Waals surface area contributed by atoms with Crippen LogP contribution in [0.1, 0.15) is 0 Å². The maximum atomic E-state index is 13.2. The standard InChI is InChI=1S/C11H8F7NO/c1-19(7-5-3-2-4-6-7)8(20)9(12,13)10(14,15)11(16,17)18/h2-6H,1H3. The first-order valence-electron chi connectivity index (χ1n) is 5.08. The number of benzene rings is 1. The molecule has 0 aliphatic rings. The molecule has 1 rings (SSSR count). The van der Waals surface area contributed by atoms with Gasteiger partial charge in [-0.1, -0.05) is 18.2 Å². The third-order valence-corrected chi connectivity index (χ3v) is 2.47. The van der Waals surface area contributed by atoms with Crippen LogP contribution in [-0.4, -0.2) is 31.0 Å². The van der Waals surface area contributed by atoms with E-state index in [9.17, 15) is 35.5 Å². The Kier molecular flexibility index (Phi) is 4.02. The van der Waals surface area contributed by atoms with E-state index in [0.717, 1.165) is 12.1 Å². The van der Waals surface area contributed by atoms with Crippen LogP contribution in [0.25, 0.3) is 0 Å². The Balaban J connectivity index is 3.13. The highest BCUT2D eigenvalue weighted by molar-refractivity contribution is 5.98. The van der Waals surface area contributed by atoms with Gasteiger partial charge in [0.25, 0.3) is 0 Å². The van der Waals surface area contributed by atoms with Gasteiger partial charge in [0.1, 0.15) is 0 Å². The zero-order chi connectivity index (χ0) is 15.8. The summed E-state index contributed by atoms with van der Waals surface area (Å²) in [4.78, 5) is 11.3. The Morgan fingerprint density at radius 3 is 1.80 bits per heavy atom. The molecule has 0 fully saturated rings. The minimum atomic E-state index is -6.54. The summed E-state index contributed by atoms with van der Waals surface area (Å²) >= 11 is 0. The molecular weight excluding hydrogens is 295 g/mol. The van der Waals surface area contributed by atoms with Crippen LogP contribution in [0.5, 0.6) is 0 Å². The molecule has 0 bridgehead atoms. The predicted octanol–water partition coefficient (Wildman–Crippen LogP) is 3.48. The number of halogens is 7. The lowest BCUT2D eigenvalue weighted by Gasteiger charge is -2.30. The quantitative estimate of drug-likeness (QED) is 0.783. The number of anilines is 1. The highest BCUT2D eigenvalue weighted by Crippen LogP contribution is 2.47. The van der Waals surface area contributed by atoms with Crippen LogP contribution in [0.4, 0.5) is 36.4 Å². The lowest BCUT2D eigenvalue weighted by Crippen LogP contribution is -2.59. The van der Waals surface area contributed by atoms with Crippen molar-refractivity contribution in [3.05, 3.63) is 30.3 Å². The van der Waals surface area contributed by atoms with Crippen LogP contribution in [0.2, 0.25) is 0 Å². The molecule has 9 heteroatoms. The fraction of sp³-hybridized carbons (Fsp3) is 0.364. The molecule has 20 heavy (non-hydrogen) atoms. The molecule has 0 radical (unpaired) electrons. The second-order valence-corrected chi connectivity index (χ2v) is 3.85. The van der Waals surface area contributed by atoms with Crippen molar-refractivity contribution in [1.82, 2.24) is 0 Å². The summed E-state index contributed by atoms with van der Waals surface area (Å²) in [6, 6.07) is 6.28. The molecule has 0 saturated heterocycles. The molecule has 1 aromatic rings. The summed E-state index contributed by atoms with van der Waals surface area (Å²) < 4.78 is 87.6. The van der Waals surface area contributed by atoms with E-state index in [1.165, 1.54) is 18.2 Å². The summed E-state index contributed by atoms with van der Waals surface area (Å²) in [7, 11) is 0.679. The average molecular weight is 303 g/mol. The third kappa shape index (κ3) is 2.56. The molecule has 1 amide bonds. The van der Waals surface area contributed by atoms with Crippen molar-refractivity contribution in [2.75, 3.05) is 11.9 Å². The van der Waals surface area contributed by atoms with Gasteiger partial charge in [0.15, 0.2) is 0 Å². The highest BCUT2D eigenvalue weighted by Gasteiger charge is 2.76. The van der Waals surface area contributed by atoms with E-state index < -0.39 is 23.9 Å². The van der Waals surface area contributed by atoms with Crippen molar-refractivity contribution < 1.29 is 35.5 Å². The van der Waals surface area contributed by atoms with Crippen LogP contribution in [0.15, 0.2) is 30.3 Å². The van der Waals surface area contributed by atoms with Crippen LogP contribution >= 0.6 is 0 Å². The van der Waals surface area contributed by atoms with Gasteiger partial charge in [0, 0.05) is 12.7 Å². The van der Waals surface area contributed by atoms with Crippen molar-refractivity contribution in [1.29, 1.82) is 0 Å². The van der Waals surface area contributed by atoms with Gasteiger partial charge in [0.05, 0.1) is 0 Å². The first-order chi connectivity index (χ1) is 8.93. The average Bonchev–Trinajstić information content (AvgIpc) is 2.36. The number of carbonyl (C=O) groups excluding carboxylic acids is 1. The molecule has 0 aliphatic heterocycles. The number of hydrogen-bond acceptors (Lipinski definition) is 1. The summed E-state index contributed by atoms with van der Waals surface area (Å²) in [6.07, 6.45) is -6.54. The zero-order valence-electron chi connectivity index (χ0n) is 9.89. The Hall–Kier alpha value is -1.80. The smallest absolute Gasteiger partial charge is 0.310 e. The number of hydrogen-bond donors (Lipinski definition) is 0. The van der Waals surface area contributed by atoms with E-state index in [0.29, 0.717) is 7.05 Å². The highest BCUT2D eigenvalue weighted by atomic mass is 19.4. The van der Waals surface area contributed by atoms with Crippen molar-refractivity contribution >= 4 is 11.6 Å². The van der Waals surface area contributed by atoms with Gasteiger partial charge in [0.2, 0.25) is 0 Å². The van der Waals surface area contributed by atoms with Gasteiger partial charge in [-0.25, -0.2) is 0 Å². The number of alkyl halides is 7. The van der Waals surface area contributed by atoms with Crippen molar-refractivity contribution in [3.63, 3.8) is 0 Å². The molecule has 0 spiro atoms. The maximum Gasteiger partial charge on any atom is 0.460 e. The molecule has 0 unspecified atom stereocenters. The van der Waals surface area contributed by atoms with Crippen molar-refractivity contribution in [3.8, 4) is 0 Å². The van der Waals surface area contributed by atoms with Gasteiger partial charge < -0.3 is 4.90 Å². The first-order valence-corrected chi connectivity index (χ1v) is 5.08. The lowest BCUT2D eigenvalue weighted by molar-refractivity contribution is -0.343. The van der Waals surface area contributed by atoms with Gasteiger partial charge in [-0.15, -0.1) is 0 Å². The Morgan fingerprint density at radius 1 is 0.950 bits per heavy atom. The Morgan fingerprint density at radius 2 is 1.40 bits per heavy atom. The predicted molar refractivity (Wildman–Crippen MR) is 55.8 cm³/mol. The maximum absolute atomic E-state index is 13.2. The molecule has 0 atom stereocenters. The molecule has 112 valence electrons. The number of carbonyl (C=O) groups is 1. The number of para-hydroxylation sites is 1. The fourth-order valence-electron chi connectivity index (χ4n) is 1.29. The zero-order valence-corrected chi connectivity index (χ0v) is 9.89. The van der Waals surface area contributed by atoms with Gasteiger partial charge >= 0.3 is 23.9 Å². The normalized spacial score (nSPS) is 13.2. The second kappa shape index (κ2) is 4.95. The molecule has 1 aromatic carbocycles. The van der Waals surface area contributed by atoms with Gasteiger partial charge in [-0.05, 0) is 12.1 Å². The monoisotopic (exact) mass is 303 g/mol. The van der Waals surface area contributed by atoms with Crippen molar-refractivity contribution in [2.24, 2.45) is 0 Å². The summed E-state index contributed by atoms with van der Waals surface area (Å²) in [5.41, 5.74) is -0.241. The van der Waals surface area contributed by atoms with Crippen LogP contribution in [-0.2, 0) is 4.79 Å². The van der Waals surface area contributed by atoms with Crippen LogP contribution in [0.3, 0.4) is 0 Å². The van der Waals surface area contributed by atoms with Gasteiger partial charge in [-0.3, -0.25) is 4.79 Å². The Bertz CT molecular complexity index is 483. The molecule has 0 heterocycles. The Labute approximate surface area is 108 Å². The van der Waals surface area contributed by atoms with Crippen LogP contribution in [0, 0.1) is 0 Å². The first kappa shape index (κ1) is 16.3. The summed E-state index contributed by atoms with van der Waals surface area (Å²) in [5, 5.41) is 0. The largest absolute Gasteiger partial charge is 0.460 e. The number of amides is 1. The molecular formula is C11H8F7NO. The van der Waals surface area contributed by atoms with E-state index in [-0.39, 0.29) is 10.6 Å². The summed E-state index contributed by atoms with van der Waals surface area (Å²) in [6.45, 7) is 0. The second-order valence-electron chi connectivity index (χ2n) is 3.85. The topological polar surface area (TPSA) is 20.3 Å². The molecule has 0 saturated carbocycles. The molecule has 2 nitrogen and oxygen atoms in total. The van der Waals surface area contributed by atoms with Gasteiger partial charge in [-0.2, -0.15) is 30.7 Å². The third-order valence-electron chi connectivity index (χ3n) is 2.47. The van der Waals surface area contributed by atoms with E-state index in [2.05, 4.69) is 0 Å². The lowest BCUT2D eigenvalue weighted by atomic mass is 10.1. The summed E-state index contributed by atoms with van der Waals surface area (Å²) in [5.74, 6) is -15.0. The molecule has 0 N–H and O–H groups in total. The SMILES string of the molecule is CN(C(=O)C(F)(F)C(F)(F)C(F)(F)F)c1ccccc1. The molecule has 0 aromatic heterocycles. The fourth-order valence-corrected chi connectivity index (χ4v) is 1.29. The minimum Gasteiger partial charge on any atom is -0.310 e.